The van der Waals surface area contributed by atoms with Crippen molar-refractivity contribution in [2.24, 2.45) is 0 Å². The van der Waals surface area contributed by atoms with Gasteiger partial charge in [0.1, 0.15) is 9.79 Å². The second-order valence-electron chi connectivity index (χ2n) is 7.64. The van der Waals surface area contributed by atoms with E-state index in [9.17, 15) is 78.3 Å². The molecule has 21 heteroatoms. The highest BCUT2D eigenvalue weighted by atomic mass is 32.3. The van der Waals surface area contributed by atoms with Gasteiger partial charge in [0.25, 0.3) is 20.0 Å². The first-order chi connectivity index (χ1) is 18.7. The van der Waals surface area contributed by atoms with Crippen LogP contribution in [0.4, 0.5) is 61.5 Å². The molecule has 0 aliphatic heterocycles. The zero-order valence-electron chi connectivity index (χ0n) is 18.2. The van der Waals surface area contributed by atoms with Crippen molar-refractivity contribution in [2.45, 2.75) is 9.79 Å². The highest BCUT2D eigenvalue weighted by Gasteiger charge is 2.41. The van der Waals surface area contributed by atoms with Gasteiger partial charge in [-0.2, -0.15) is 0 Å². The molecule has 0 amide bonds. The number of sulfonamides is 2. The maximum absolute atomic E-state index is 14.6. The SMILES string of the molecule is O=S(=O)(NS(=O)(=O)c1c(F)c(F)c(F)c2c(F)c(F)c(F)c(F)c12)c1c(F)c(F)c(F)c2c(F)c(F)c(F)c(F)c12. The molecule has 0 aromatic heterocycles. The maximum atomic E-state index is 14.6. The molecule has 0 radical (unpaired) electrons. The molecular formula is C20HF14NO4S2. The molecule has 0 saturated heterocycles. The van der Waals surface area contributed by atoms with Crippen molar-refractivity contribution in [1.82, 2.24) is 4.13 Å². The summed E-state index contributed by atoms with van der Waals surface area (Å²) in [5.41, 5.74) is 0. The van der Waals surface area contributed by atoms with E-state index in [1.807, 2.05) is 0 Å². The number of hydrogen-bond acceptors (Lipinski definition) is 4. The standard InChI is InChI=1S/C20HF14NO4S2/c21-5-1-3(9(25)13(29)11(5)27)19(17(33)15(31)7(1)23)40(36,37)35-41(38,39)20-4-2(8(24)16(32)18(20)34)6(22)12(28)14(30)10(4)26/h35H. The molecule has 0 heterocycles. The zero-order valence-corrected chi connectivity index (χ0v) is 19.9. The average molecular weight is 649 g/mol. The molecule has 4 rings (SSSR count). The predicted octanol–water partition coefficient (Wildman–Crippen LogP) is 5.61. The molecule has 0 atom stereocenters. The van der Waals surface area contributed by atoms with E-state index in [0.29, 0.717) is 0 Å². The van der Waals surface area contributed by atoms with Crippen molar-refractivity contribution in [1.29, 1.82) is 0 Å². The van der Waals surface area contributed by atoms with Crippen LogP contribution in [0.2, 0.25) is 0 Å². The van der Waals surface area contributed by atoms with E-state index in [1.165, 1.54) is 0 Å². The van der Waals surface area contributed by atoms with Crippen molar-refractivity contribution in [3.63, 3.8) is 0 Å². The van der Waals surface area contributed by atoms with E-state index >= 15 is 0 Å². The monoisotopic (exact) mass is 649 g/mol. The van der Waals surface area contributed by atoms with Crippen LogP contribution in [-0.2, 0) is 20.0 Å². The molecule has 0 aliphatic carbocycles. The fourth-order valence-electron chi connectivity index (χ4n) is 3.67. The molecule has 0 fully saturated rings. The van der Waals surface area contributed by atoms with Gasteiger partial charge in [-0.05, 0) is 0 Å². The van der Waals surface area contributed by atoms with Crippen molar-refractivity contribution in [3.05, 3.63) is 81.4 Å². The van der Waals surface area contributed by atoms with Crippen molar-refractivity contribution in [2.75, 3.05) is 0 Å². The number of nitrogens with one attached hydrogen (secondary N) is 1. The smallest absolute Gasteiger partial charge is 0.206 e. The number of benzene rings is 4. The Balaban J connectivity index is 2.14. The summed E-state index contributed by atoms with van der Waals surface area (Å²) in [6, 6.07) is 0. The Morgan fingerprint density at radius 3 is 0.732 bits per heavy atom. The highest BCUT2D eigenvalue weighted by Crippen LogP contribution is 2.39. The van der Waals surface area contributed by atoms with E-state index in [1.54, 1.807) is 0 Å². The largest absolute Gasteiger partial charge is 0.257 e. The predicted molar refractivity (Wildman–Crippen MR) is 105 cm³/mol. The van der Waals surface area contributed by atoms with Gasteiger partial charge in [0.15, 0.2) is 81.4 Å². The summed E-state index contributed by atoms with van der Waals surface area (Å²) in [6.07, 6.45) is 0. The second kappa shape index (κ2) is 9.41. The lowest BCUT2D eigenvalue weighted by Crippen LogP contribution is -2.33. The molecular weight excluding hydrogens is 648 g/mol. The Bertz CT molecular complexity index is 1940. The molecule has 0 bridgehead atoms. The molecule has 220 valence electrons. The van der Waals surface area contributed by atoms with E-state index in [2.05, 4.69) is 0 Å². The van der Waals surface area contributed by atoms with Crippen LogP contribution in [-0.4, -0.2) is 16.8 Å². The maximum Gasteiger partial charge on any atom is 0.257 e. The van der Waals surface area contributed by atoms with Crippen molar-refractivity contribution >= 4 is 41.6 Å². The first-order valence-electron chi connectivity index (χ1n) is 9.63. The molecule has 1 N–H and O–H groups in total. The Kier molecular flexibility index (Phi) is 6.94. The fourth-order valence-corrected chi connectivity index (χ4v) is 7.06. The third-order valence-electron chi connectivity index (χ3n) is 5.35. The lowest BCUT2D eigenvalue weighted by atomic mass is 10.1. The first-order valence-corrected chi connectivity index (χ1v) is 12.6. The van der Waals surface area contributed by atoms with E-state index in [-0.39, 0.29) is 4.13 Å². The van der Waals surface area contributed by atoms with Crippen molar-refractivity contribution < 1.29 is 78.3 Å². The molecule has 0 aliphatic rings. The molecule has 0 spiro atoms. The van der Waals surface area contributed by atoms with Crippen LogP contribution in [0, 0.1) is 81.4 Å². The van der Waals surface area contributed by atoms with Gasteiger partial charge in [-0.1, -0.05) is 0 Å². The van der Waals surface area contributed by atoms with Gasteiger partial charge in [0.2, 0.25) is 0 Å². The number of rotatable bonds is 4. The lowest BCUT2D eigenvalue weighted by molar-refractivity contribution is 0.405. The fraction of sp³-hybridized carbons (Fsp3) is 0. The van der Waals surface area contributed by atoms with E-state index < -0.39 is 133 Å². The summed E-state index contributed by atoms with van der Waals surface area (Å²) in [7, 11) is -13.5. The molecule has 4 aromatic carbocycles. The van der Waals surface area contributed by atoms with Gasteiger partial charge in [-0.3, -0.25) is 0 Å². The Morgan fingerprint density at radius 1 is 0.293 bits per heavy atom. The Labute approximate surface area is 215 Å². The van der Waals surface area contributed by atoms with Crippen LogP contribution in [0.1, 0.15) is 0 Å². The van der Waals surface area contributed by atoms with Gasteiger partial charge in [-0.25, -0.2) is 78.3 Å². The molecule has 4 aromatic rings. The van der Waals surface area contributed by atoms with E-state index in [4.69, 9.17) is 0 Å². The topological polar surface area (TPSA) is 80.3 Å². The zero-order chi connectivity index (χ0) is 31.3. The summed E-state index contributed by atoms with van der Waals surface area (Å²) in [5, 5.41) is -9.95. The van der Waals surface area contributed by atoms with Gasteiger partial charge in [0, 0.05) is 10.8 Å². The van der Waals surface area contributed by atoms with Crippen LogP contribution in [0.25, 0.3) is 21.5 Å². The highest BCUT2D eigenvalue weighted by molar-refractivity contribution is 8.05. The van der Waals surface area contributed by atoms with Crippen LogP contribution >= 0.6 is 0 Å². The normalized spacial score (nSPS) is 12.6. The summed E-state index contributed by atoms with van der Waals surface area (Å²) in [4.78, 5) is -5.72. The third kappa shape index (κ3) is 4.08. The number of hydrogen-bond donors (Lipinski definition) is 1. The average Bonchev–Trinajstić information content (AvgIpc) is 2.88. The lowest BCUT2D eigenvalue weighted by Gasteiger charge is -2.16. The Morgan fingerprint density at radius 2 is 0.488 bits per heavy atom. The minimum Gasteiger partial charge on any atom is -0.206 e. The first kappa shape index (κ1) is 30.2. The molecule has 41 heavy (non-hydrogen) atoms. The summed E-state index contributed by atoms with van der Waals surface area (Å²) in [6.45, 7) is 0. The molecule has 0 saturated carbocycles. The van der Waals surface area contributed by atoms with Crippen LogP contribution in [0.15, 0.2) is 9.79 Å². The molecule has 0 unspecified atom stereocenters. The quantitative estimate of drug-likeness (QED) is 0.177. The summed E-state index contributed by atoms with van der Waals surface area (Å²) < 4.78 is 248. The van der Waals surface area contributed by atoms with Gasteiger partial charge < -0.3 is 0 Å². The van der Waals surface area contributed by atoms with Crippen LogP contribution in [0.5, 0.6) is 0 Å². The van der Waals surface area contributed by atoms with E-state index in [0.717, 1.165) is 0 Å². The van der Waals surface area contributed by atoms with Crippen molar-refractivity contribution in [3.8, 4) is 0 Å². The summed E-state index contributed by atoms with van der Waals surface area (Å²) in [5.74, 6) is -41.6. The Hall–Kier alpha value is -3.72. The third-order valence-corrected chi connectivity index (χ3v) is 8.95. The number of halogens is 14. The number of fused-ring (bicyclic) bond motifs is 2. The molecule has 5 nitrogen and oxygen atoms in total. The van der Waals surface area contributed by atoms with Crippen LogP contribution in [0.3, 0.4) is 0 Å². The van der Waals surface area contributed by atoms with Gasteiger partial charge in [-0.15, -0.1) is 4.13 Å². The summed E-state index contributed by atoms with van der Waals surface area (Å²) >= 11 is 0. The minimum absolute atomic E-state index is 0.162. The van der Waals surface area contributed by atoms with Crippen LogP contribution < -0.4 is 4.13 Å². The van der Waals surface area contributed by atoms with Gasteiger partial charge in [0.05, 0.1) is 10.8 Å². The minimum atomic E-state index is -6.76. The second-order valence-corrected chi connectivity index (χ2v) is 11.1. The van der Waals surface area contributed by atoms with Gasteiger partial charge >= 0.3 is 0 Å².